The van der Waals surface area contributed by atoms with Crippen LogP contribution >= 0.6 is 0 Å². The molecule has 0 aliphatic heterocycles. The van der Waals surface area contributed by atoms with Gasteiger partial charge in [-0.1, -0.05) is 0 Å². The number of likely N-dealkylation sites (N-methyl/N-ethyl adjacent to an activating group) is 1. The van der Waals surface area contributed by atoms with E-state index in [2.05, 4.69) is 24.1 Å². The van der Waals surface area contributed by atoms with Crippen LogP contribution in [0.4, 0.5) is 0 Å². The van der Waals surface area contributed by atoms with Crippen LogP contribution in [-0.2, 0) is 19.0 Å². The zero-order valence-electron chi connectivity index (χ0n) is 14.6. The Balaban J connectivity index is 4.92. The van der Waals surface area contributed by atoms with Crippen molar-refractivity contribution in [2.24, 2.45) is 0 Å². The third kappa shape index (κ3) is 6.30. The topological polar surface area (TPSA) is 60.0 Å². The molecular formula is C15H32N2O4. The molecule has 1 N–H and O–H groups in total. The third-order valence-corrected chi connectivity index (χ3v) is 3.99. The maximum Gasteiger partial charge on any atom is 0.325 e. The van der Waals surface area contributed by atoms with Crippen molar-refractivity contribution < 1.29 is 19.0 Å². The van der Waals surface area contributed by atoms with E-state index in [0.717, 1.165) is 6.54 Å². The van der Waals surface area contributed by atoms with E-state index >= 15 is 0 Å². The smallest absolute Gasteiger partial charge is 0.325 e. The molecule has 0 heterocycles. The molecule has 0 bridgehead atoms. The quantitative estimate of drug-likeness (QED) is 0.572. The third-order valence-electron chi connectivity index (χ3n) is 3.99. The number of methoxy groups -OCH3 is 3. The summed E-state index contributed by atoms with van der Waals surface area (Å²) >= 11 is 0. The first kappa shape index (κ1) is 20.3. The van der Waals surface area contributed by atoms with E-state index in [0.29, 0.717) is 19.6 Å². The van der Waals surface area contributed by atoms with Crippen molar-refractivity contribution in [3.05, 3.63) is 0 Å². The number of hydrogen-bond donors (Lipinski definition) is 1. The van der Waals surface area contributed by atoms with E-state index < -0.39 is 5.54 Å². The Labute approximate surface area is 129 Å². The molecule has 0 radical (unpaired) electrons. The monoisotopic (exact) mass is 304 g/mol. The van der Waals surface area contributed by atoms with Gasteiger partial charge in [-0.2, -0.15) is 0 Å². The minimum Gasteiger partial charge on any atom is -0.468 e. The summed E-state index contributed by atoms with van der Waals surface area (Å²) in [5.74, 6) is -0.247. The molecule has 6 heteroatoms. The standard InChI is InChI=1S/C15H32N2O4/c1-12(10-15(3,16-4)14(18)21-7)17(8-9-19-5)13(2)11-20-6/h12-13,16H,8-11H2,1-7H3. The van der Waals surface area contributed by atoms with E-state index in [9.17, 15) is 4.79 Å². The molecule has 6 nitrogen and oxygen atoms in total. The van der Waals surface area contributed by atoms with Crippen LogP contribution in [-0.4, -0.2) is 76.6 Å². The molecule has 3 atom stereocenters. The lowest BCUT2D eigenvalue weighted by molar-refractivity contribution is -0.148. The Morgan fingerprint density at radius 1 is 1.19 bits per heavy atom. The average Bonchev–Trinajstić information content (AvgIpc) is 2.46. The SMILES string of the molecule is CNC(C)(CC(C)N(CCOC)C(C)COC)C(=O)OC. The average molecular weight is 304 g/mol. The molecule has 0 aromatic rings. The van der Waals surface area contributed by atoms with Crippen molar-refractivity contribution in [2.45, 2.75) is 44.8 Å². The predicted molar refractivity (Wildman–Crippen MR) is 83.5 cm³/mol. The number of nitrogens with one attached hydrogen (secondary N) is 1. The van der Waals surface area contributed by atoms with Crippen molar-refractivity contribution >= 4 is 5.97 Å². The van der Waals surface area contributed by atoms with Gasteiger partial charge >= 0.3 is 5.97 Å². The molecular weight excluding hydrogens is 272 g/mol. The summed E-state index contributed by atoms with van der Waals surface area (Å²) in [7, 11) is 6.58. The van der Waals surface area contributed by atoms with Crippen molar-refractivity contribution in [1.82, 2.24) is 10.2 Å². The van der Waals surface area contributed by atoms with Gasteiger partial charge in [-0.05, 0) is 34.2 Å². The zero-order valence-corrected chi connectivity index (χ0v) is 14.6. The molecule has 3 unspecified atom stereocenters. The van der Waals surface area contributed by atoms with Crippen molar-refractivity contribution in [3.8, 4) is 0 Å². The highest BCUT2D eigenvalue weighted by atomic mass is 16.5. The lowest BCUT2D eigenvalue weighted by Crippen LogP contribution is -2.54. The van der Waals surface area contributed by atoms with Crippen LogP contribution in [0.5, 0.6) is 0 Å². The molecule has 0 saturated carbocycles. The molecule has 0 aliphatic carbocycles. The van der Waals surface area contributed by atoms with Crippen LogP contribution in [0.15, 0.2) is 0 Å². The minimum absolute atomic E-state index is 0.182. The molecule has 21 heavy (non-hydrogen) atoms. The molecule has 126 valence electrons. The van der Waals surface area contributed by atoms with Crippen LogP contribution in [0.25, 0.3) is 0 Å². The van der Waals surface area contributed by atoms with Crippen LogP contribution < -0.4 is 5.32 Å². The molecule has 0 rings (SSSR count). The number of nitrogens with zero attached hydrogens (tertiary/aromatic N) is 1. The van der Waals surface area contributed by atoms with Crippen LogP contribution in [0, 0.1) is 0 Å². The summed E-state index contributed by atoms with van der Waals surface area (Å²) in [6, 6.07) is 0.431. The second kappa shape index (κ2) is 10.1. The highest BCUT2D eigenvalue weighted by Gasteiger charge is 2.36. The Morgan fingerprint density at radius 3 is 2.24 bits per heavy atom. The van der Waals surface area contributed by atoms with Gasteiger partial charge in [0, 0.05) is 32.8 Å². The first-order chi connectivity index (χ1) is 9.86. The van der Waals surface area contributed by atoms with Gasteiger partial charge in [0.2, 0.25) is 0 Å². The maximum absolute atomic E-state index is 12.0. The second-order valence-corrected chi connectivity index (χ2v) is 5.66. The molecule has 0 fully saturated rings. The number of esters is 1. The number of hydrogen-bond acceptors (Lipinski definition) is 6. The van der Waals surface area contributed by atoms with Crippen molar-refractivity contribution in [2.75, 3.05) is 48.1 Å². The summed E-state index contributed by atoms with van der Waals surface area (Å²) in [5, 5.41) is 3.08. The Morgan fingerprint density at radius 2 is 1.81 bits per heavy atom. The Kier molecular flexibility index (Phi) is 9.77. The summed E-state index contributed by atoms with van der Waals surface area (Å²) < 4.78 is 15.3. The molecule has 0 aliphatic rings. The lowest BCUT2D eigenvalue weighted by atomic mass is 9.92. The fourth-order valence-electron chi connectivity index (χ4n) is 2.63. The summed E-state index contributed by atoms with van der Waals surface area (Å²) in [5.41, 5.74) is -0.702. The minimum atomic E-state index is -0.702. The predicted octanol–water partition coefficient (Wildman–Crippen LogP) is 0.899. The van der Waals surface area contributed by atoms with Crippen LogP contribution in [0.3, 0.4) is 0 Å². The lowest BCUT2D eigenvalue weighted by Gasteiger charge is -2.38. The fourth-order valence-corrected chi connectivity index (χ4v) is 2.63. The van der Waals surface area contributed by atoms with Crippen molar-refractivity contribution in [1.29, 1.82) is 0 Å². The molecule has 0 spiro atoms. The normalized spacial score (nSPS) is 17.3. The first-order valence-corrected chi connectivity index (χ1v) is 7.37. The molecule has 0 aromatic heterocycles. The van der Waals surface area contributed by atoms with E-state index in [1.165, 1.54) is 7.11 Å². The number of ether oxygens (including phenoxy) is 3. The van der Waals surface area contributed by atoms with Gasteiger partial charge in [-0.15, -0.1) is 0 Å². The number of carbonyl (C=O) groups is 1. The summed E-state index contributed by atoms with van der Waals surface area (Å²) in [6.45, 7) is 8.17. The summed E-state index contributed by atoms with van der Waals surface area (Å²) in [4.78, 5) is 14.3. The van der Waals surface area contributed by atoms with Gasteiger partial charge in [-0.3, -0.25) is 9.69 Å². The van der Waals surface area contributed by atoms with Gasteiger partial charge in [0.15, 0.2) is 0 Å². The first-order valence-electron chi connectivity index (χ1n) is 7.37. The summed E-state index contributed by atoms with van der Waals surface area (Å²) in [6.07, 6.45) is 0.647. The van der Waals surface area contributed by atoms with Gasteiger partial charge in [-0.25, -0.2) is 0 Å². The highest BCUT2D eigenvalue weighted by Crippen LogP contribution is 2.19. The fraction of sp³-hybridized carbons (Fsp3) is 0.933. The number of rotatable bonds is 11. The van der Waals surface area contributed by atoms with Crippen molar-refractivity contribution in [3.63, 3.8) is 0 Å². The van der Waals surface area contributed by atoms with E-state index in [-0.39, 0.29) is 18.1 Å². The second-order valence-electron chi connectivity index (χ2n) is 5.66. The molecule has 0 amide bonds. The largest absolute Gasteiger partial charge is 0.468 e. The van der Waals surface area contributed by atoms with Gasteiger partial charge in [0.05, 0.1) is 20.3 Å². The van der Waals surface area contributed by atoms with Gasteiger partial charge < -0.3 is 19.5 Å². The van der Waals surface area contributed by atoms with E-state index in [1.54, 1.807) is 21.3 Å². The van der Waals surface area contributed by atoms with E-state index in [4.69, 9.17) is 14.2 Å². The van der Waals surface area contributed by atoms with Crippen LogP contribution in [0.1, 0.15) is 27.2 Å². The maximum atomic E-state index is 12.0. The van der Waals surface area contributed by atoms with Gasteiger partial charge in [0.25, 0.3) is 0 Å². The zero-order chi connectivity index (χ0) is 16.5. The molecule has 0 aromatic carbocycles. The van der Waals surface area contributed by atoms with Gasteiger partial charge in [0.1, 0.15) is 5.54 Å². The number of carbonyl (C=O) groups excluding carboxylic acids is 1. The Bertz CT molecular complexity index is 301. The van der Waals surface area contributed by atoms with Crippen LogP contribution in [0.2, 0.25) is 0 Å². The van der Waals surface area contributed by atoms with E-state index in [1.807, 2.05) is 6.92 Å². The highest BCUT2D eigenvalue weighted by molar-refractivity contribution is 5.80. The Hall–Kier alpha value is -0.690. The molecule has 0 saturated heterocycles.